The van der Waals surface area contributed by atoms with Gasteiger partial charge in [0, 0.05) is 50.0 Å². The number of aromatic amines is 2. The second-order valence-electron chi connectivity index (χ2n) is 12.2. The van der Waals surface area contributed by atoms with E-state index in [1.165, 1.54) is 22.9 Å². The van der Waals surface area contributed by atoms with Crippen LogP contribution in [-0.2, 0) is 17.9 Å². The molecule has 4 N–H and O–H groups in total. The minimum absolute atomic E-state index is 0.220. The molecule has 1 atom stereocenters. The van der Waals surface area contributed by atoms with Gasteiger partial charge in [-0.3, -0.25) is 24.0 Å². The highest BCUT2D eigenvalue weighted by atomic mass is 16.5. The molecule has 0 aliphatic rings. The minimum atomic E-state index is -0.729. The van der Waals surface area contributed by atoms with Gasteiger partial charge in [0.25, 0.3) is 5.56 Å². The zero-order chi connectivity index (χ0) is 34.4. The van der Waals surface area contributed by atoms with Crippen molar-refractivity contribution >= 4 is 10.9 Å². The van der Waals surface area contributed by atoms with Crippen LogP contribution in [0.15, 0.2) is 106 Å². The van der Waals surface area contributed by atoms with Crippen molar-refractivity contribution in [3.63, 3.8) is 0 Å². The topological polar surface area (TPSA) is 142 Å². The third kappa shape index (κ3) is 10.6. The minimum Gasteiger partial charge on any atom is -0.487 e. The highest BCUT2D eigenvalue weighted by molar-refractivity contribution is 5.87. The number of nitrogens with one attached hydrogen (secondary N) is 3. The summed E-state index contributed by atoms with van der Waals surface area (Å²) in [7, 11) is 2.03. The maximum Gasteiger partial charge on any atom is 0.332 e. The predicted molar refractivity (Wildman–Crippen MR) is 191 cm³/mol. The SMILES string of the molecule is CN(CCOCCCCCCNC[C@@H](O)c1ccc(OCc2ccccc2)c2[nH]c(=O)ccc12)Cc1cccc(-n2ccc(=O)[nH]c2=O)c1. The normalized spacial score (nSPS) is 12.1. The third-order valence-corrected chi connectivity index (χ3v) is 8.30. The van der Waals surface area contributed by atoms with Gasteiger partial charge >= 0.3 is 5.69 Å². The van der Waals surface area contributed by atoms with Crippen LogP contribution in [0.3, 0.4) is 0 Å². The number of likely N-dealkylation sites (N-methyl/N-ethyl adjacent to an activating group) is 1. The first-order valence-corrected chi connectivity index (χ1v) is 16.8. The summed E-state index contributed by atoms with van der Waals surface area (Å²) in [6, 6.07) is 25.7. The Hall–Kier alpha value is -4.81. The highest BCUT2D eigenvalue weighted by Gasteiger charge is 2.15. The maximum absolute atomic E-state index is 12.1. The van der Waals surface area contributed by atoms with Crippen LogP contribution in [-0.4, -0.2) is 64.4 Å². The maximum atomic E-state index is 12.1. The van der Waals surface area contributed by atoms with Gasteiger partial charge in [0.1, 0.15) is 12.4 Å². The molecule has 5 rings (SSSR count). The number of unbranched alkanes of at least 4 members (excludes halogenated alkanes) is 3. The van der Waals surface area contributed by atoms with Crippen LogP contribution in [0.25, 0.3) is 16.6 Å². The lowest BCUT2D eigenvalue weighted by Crippen LogP contribution is -2.27. The van der Waals surface area contributed by atoms with Crippen molar-refractivity contribution in [1.29, 1.82) is 0 Å². The molecule has 0 amide bonds. The number of aliphatic hydroxyl groups is 1. The summed E-state index contributed by atoms with van der Waals surface area (Å²) in [6.07, 6.45) is 4.88. The van der Waals surface area contributed by atoms with Crippen LogP contribution in [0.4, 0.5) is 0 Å². The Balaban J connectivity index is 0.948. The Morgan fingerprint density at radius 3 is 2.47 bits per heavy atom. The summed E-state index contributed by atoms with van der Waals surface area (Å²) < 4.78 is 13.3. The molecule has 0 spiro atoms. The number of fused-ring (bicyclic) bond motifs is 1. The number of hydrogen-bond donors (Lipinski definition) is 4. The molecule has 5 aromatic rings. The molecule has 0 radical (unpaired) electrons. The van der Waals surface area contributed by atoms with E-state index in [4.69, 9.17) is 9.47 Å². The lowest BCUT2D eigenvalue weighted by atomic mass is 10.0. The Morgan fingerprint density at radius 2 is 1.63 bits per heavy atom. The van der Waals surface area contributed by atoms with Crippen molar-refractivity contribution in [2.24, 2.45) is 0 Å². The van der Waals surface area contributed by atoms with Gasteiger partial charge in [-0.25, -0.2) is 4.79 Å². The van der Waals surface area contributed by atoms with E-state index >= 15 is 0 Å². The fourth-order valence-electron chi connectivity index (χ4n) is 5.69. The van der Waals surface area contributed by atoms with Crippen LogP contribution in [0.2, 0.25) is 0 Å². The van der Waals surface area contributed by atoms with Crippen molar-refractivity contribution in [2.75, 3.05) is 39.9 Å². The van der Waals surface area contributed by atoms with Gasteiger partial charge < -0.3 is 24.9 Å². The second kappa shape index (κ2) is 18.1. The number of hydrogen-bond acceptors (Lipinski definition) is 8. The number of aromatic nitrogens is 3. The molecule has 49 heavy (non-hydrogen) atoms. The van der Waals surface area contributed by atoms with Crippen molar-refractivity contribution in [2.45, 2.75) is 44.9 Å². The Kier molecular flexibility index (Phi) is 13.1. The monoisotopic (exact) mass is 667 g/mol. The van der Waals surface area contributed by atoms with Crippen molar-refractivity contribution < 1.29 is 14.6 Å². The fraction of sp³-hybridized carbons (Fsp3) is 0.342. The van der Waals surface area contributed by atoms with Gasteiger partial charge in [-0.1, -0.05) is 61.4 Å². The molecule has 11 heteroatoms. The lowest BCUT2D eigenvalue weighted by molar-refractivity contribution is 0.106. The second-order valence-corrected chi connectivity index (χ2v) is 12.2. The molecule has 0 saturated heterocycles. The molecule has 0 aliphatic carbocycles. The average molecular weight is 668 g/mol. The first-order valence-electron chi connectivity index (χ1n) is 16.8. The number of ether oxygens (including phenoxy) is 2. The van der Waals surface area contributed by atoms with Crippen molar-refractivity contribution in [1.82, 2.24) is 24.8 Å². The molecule has 0 aliphatic heterocycles. The number of benzene rings is 3. The molecule has 0 bridgehead atoms. The van der Waals surface area contributed by atoms with E-state index in [1.54, 1.807) is 12.1 Å². The van der Waals surface area contributed by atoms with Crippen LogP contribution < -0.4 is 26.9 Å². The fourth-order valence-corrected chi connectivity index (χ4v) is 5.69. The molecule has 0 saturated carbocycles. The van der Waals surface area contributed by atoms with Gasteiger partial charge in [0.15, 0.2) is 0 Å². The Bertz CT molecular complexity index is 1950. The summed E-state index contributed by atoms with van der Waals surface area (Å²) in [4.78, 5) is 42.9. The summed E-state index contributed by atoms with van der Waals surface area (Å²) in [5.74, 6) is 0.572. The largest absolute Gasteiger partial charge is 0.487 e. The number of rotatable bonds is 19. The van der Waals surface area contributed by atoms with Crippen LogP contribution in [0.1, 0.15) is 48.5 Å². The molecule has 0 unspecified atom stereocenters. The van der Waals surface area contributed by atoms with Crippen molar-refractivity contribution in [3.05, 3.63) is 139 Å². The number of H-pyrrole nitrogens is 2. The molecule has 3 aromatic carbocycles. The predicted octanol–water partition coefficient (Wildman–Crippen LogP) is 4.28. The first kappa shape index (κ1) is 35.5. The number of pyridine rings is 1. The molecule has 11 nitrogen and oxygen atoms in total. The zero-order valence-electron chi connectivity index (χ0n) is 27.9. The molecule has 258 valence electrons. The van der Waals surface area contributed by atoms with E-state index in [0.29, 0.717) is 49.9 Å². The third-order valence-electron chi connectivity index (χ3n) is 8.30. The van der Waals surface area contributed by atoms with Gasteiger partial charge in [-0.15, -0.1) is 0 Å². The van der Waals surface area contributed by atoms with Gasteiger partial charge in [-0.2, -0.15) is 0 Å². The van der Waals surface area contributed by atoms with E-state index in [0.717, 1.165) is 60.8 Å². The first-order chi connectivity index (χ1) is 23.9. The molecular weight excluding hydrogens is 622 g/mol. The summed E-state index contributed by atoms with van der Waals surface area (Å²) in [6.45, 7) is 4.43. The standard InChI is InChI=1S/C38H45N5O6/c1-42(26-29-12-9-13-30(24-29)43-20-18-36(46)41-38(43)47)21-23-48-22-8-3-2-7-19-39-25-33(44)31-14-16-34(37-32(31)15-17-35(45)40-37)49-27-28-10-5-4-6-11-28/h4-6,9-18,20,24,33,39,44H,2-3,7-8,19,21-23,25-27H2,1H3,(H,40,45)(H,41,46,47)/t33-/m1/s1. The van der Waals surface area contributed by atoms with Crippen LogP contribution >= 0.6 is 0 Å². The Morgan fingerprint density at radius 1 is 0.837 bits per heavy atom. The summed E-state index contributed by atoms with van der Waals surface area (Å²) >= 11 is 0. The van der Waals surface area contributed by atoms with Gasteiger partial charge in [-0.05, 0) is 67.4 Å². The molecule has 2 heterocycles. The van der Waals surface area contributed by atoms with Crippen LogP contribution in [0.5, 0.6) is 5.75 Å². The summed E-state index contributed by atoms with van der Waals surface area (Å²) in [5, 5.41) is 15.1. The zero-order valence-corrected chi connectivity index (χ0v) is 27.9. The van der Waals surface area contributed by atoms with Crippen molar-refractivity contribution in [3.8, 4) is 11.4 Å². The van der Waals surface area contributed by atoms with Gasteiger partial charge in [0.05, 0.1) is 23.9 Å². The average Bonchev–Trinajstić information content (AvgIpc) is 3.10. The smallest absolute Gasteiger partial charge is 0.332 e. The quantitative estimate of drug-likeness (QED) is 0.0957. The van der Waals surface area contributed by atoms with E-state index < -0.39 is 17.4 Å². The van der Waals surface area contributed by atoms with E-state index in [-0.39, 0.29) is 5.56 Å². The molecular formula is C38H45N5O6. The van der Waals surface area contributed by atoms with E-state index in [2.05, 4.69) is 20.2 Å². The lowest BCUT2D eigenvalue weighted by Gasteiger charge is -2.17. The molecule has 0 fully saturated rings. The molecule has 2 aromatic heterocycles. The number of nitrogens with zero attached hydrogens (tertiary/aromatic N) is 2. The Labute approximate surface area is 285 Å². The number of aliphatic hydroxyl groups excluding tert-OH is 1. The van der Waals surface area contributed by atoms with Gasteiger partial charge in [0.2, 0.25) is 5.56 Å². The highest BCUT2D eigenvalue weighted by Crippen LogP contribution is 2.30. The van der Waals surface area contributed by atoms with E-state index in [1.807, 2.05) is 67.7 Å². The van der Waals surface area contributed by atoms with Crippen LogP contribution in [0, 0.1) is 0 Å². The summed E-state index contributed by atoms with van der Waals surface area (Å²) in [5.41, 5.74) is 3.03. The van der Waals surface area contributed by atoms with E-state index in [9.17, 15) is 19.5 Å².